The third kappa shape index (κ3) is 4.04. The molecule has 2 aromatic carbocycles. The largest absolute Gasteiger partial charge is 0.466 e. The normalized spacial score (nSPS) is 20.1. The van der Waals surface area contributed by atoms with Gasteiger partial charge in [-0.3, -0.25) is 0 Å². The number of hydrogen-bond donors (Lipinski definition) is 0. The number of nitrogens with zero attached hydrogens (tertiary/aromatic N) is 1. The lowest BCUT2D eigenvalue weighted by molar-refractivity contribution is -0.136. The van der Waals surface area contributed by atoms with Crippen LogP contribution < -0.4 is 0 Å². The van der Waals surface area contributed by atoms with Crippen molar-refractivity contribution in [1.82, 2.24) is 4.31 Å². The van der Waals surface area contributed by atoms with Crippen molar-refractivity contribution in [1.29, 1.82) is 0 Å². The summed E-state index contributed by atoms with van der Waals surface area (Å²) in [6, 6.07) is 12.4. The Morgan fingerprint density at radius 3 is 2.20 bits per heavy atom. The molecule has 3 rings (SSSR count). The molecule has 0 amide bonds. The summed E-state index contributed by atoms with van der Waals surface area (Å²) in [4.78, 5) is 12.9. The van der Waals surface area contributed by atoms with Crippen molar-refractivity contribution >= 4 is 27.6 Å². The molecule has 0 radical (unpaired) electrons. The van der Waals surface area contributed by atoms with E-state index in [1.54, 1.807) is 61.5 Å². The highest BCUT2D eigenvalue weighted by molar-refractivity contribution is 7.89. The molecule has 5 nitrogen and oxygen atoms in total. The first-order chi connectivity index (χ1) is 14.0. The van der Waals surface area contributed by atoms with Gasteiger partial charge in [-0.25, -0.2) is 13.2 Å². The van der Waals surface area contributed by atoms with Gasteiger partial charge in [0.05, 0.1) is 23.6 Å². The second kappa shape index (κ2) is 8.17. The Balaban J connectivity index is 2.28. The molecule has 2 aromatic rings. The number of sulfonamides is 1. The van der Waals surface area contributed by atoms with E-state index in [2.05, 4.69) is 0 Å². The first kappa shape index (κ1) is 22.5. The van der Waals surface area contributed by atoms with Crippen molar-refractivity contribution in [3.63, 3.8) is 0 Å². The Labute approximate surface area is 183 Å². The van der Waals surface area contributed by atoms with Gasteiger partial charge in [0, 0.05) is 11.1 Å². The third-order valence-corrected chi connectivity index (χ3v) is 7.56. The smallest absolute Gasteiger partial charge is 0.335 e. The zero-order chi connectivity index (χ0) is 22.3. The number of benzene rings is 2. The third-order valence-electron chi connectivity index (χ3n) is 5.30. The summed E-state index contributed by atoms with van der Waals surface area (Å²) in [5.41, 5.74) is 1.14. The van der Waals surface area contributed by atoms with Gasteiger partial charge in [-0.2, -0.15) is 4.31 Å². The van der Waals surface area contributed by atoms with Crippen LogP contribution in [-0.2, 0) is 19.6 Å². The quantitative estimate of drug-likeness (QED) is 0.625. The Hall–Kier alpha value is -2.15. The molecular formula is C23H26ClNO4S. The van der Waals surface area contributed by atoms with Crippen LogP contribution in [0.15, 0.2) is 65.1 Å². The number of carbonyl (C=O) groups is 1. The maximum Gasteiger partial charge on any atom is 0.335 e. The maximum atomic E-state index is 13.9. The van der Waals surface area contributed by atoms with Crippen molar-refractivity contribution in [2.75, 3.05) is 7.11 Å². The van der Waals surface area contributed by atoms with Crippen molar-refractivity contribution in [3.05, 3.63) is 76.3 Å². The molecular weight excluding hydrogens is 422 g/mol. The van der Waals surface area contributed by atoms with Gasteiger partial charge in [0.25, 0.3) is 0 Å². The molecule has 0 N–H and O–H groups in total. The molecule has 1 aliphatic rings. The summed E-state index contributed by atoms with van der Waals surface area (Å²) in [5, 5.41) is 0.529. The van der Waals surface area contributed by atoms with Crippen molar-refractivity contribution in [2.24, 2.45) is 5.41 Å². The molecule has 7 heteroatoms. The Kier molecular flexibility index (Phi) is 6.14. The Morgan fingerprint density at radius 2 is 1.67 bits per heavy atom. The van der Waals surface area contributed by atoms with Gasteiger partial charge in [-0.05, 0) is 41.7 Å². The van der Waals surface area contributed by atoms with E-state index in [0.717, 1.165) is 0 Å². The molecule has 0 aromatic heterocycles. The molecule has 0 saturated carbocycles. The van der Waals surface area contributed by atoms with E-state index in [1.165, 1.54) is 11.4 Å². The lowest BCUT2D eigenvalue weighted by Crippen LogP contribution is -2.45. The van der Waals surface area contributed by atoms with Gasteiger partial charge in [-0.15, -0.1) is 0 Å². The predicted molar refractivity (Wildman–Crippen MR) is 118 cm³/mol. The lowest BCUT2D eigenvalue weighted by atomic mass is 9.87. The minimum atomic E-state index is -3.94. The predicted octanol–water partition coefficient (Wildman–Crippen LogP) is 4.91. The summed E-state index contributed by atoms with van der Waals surface area (Å²) in [7, 11) is -2.64. The van der Waals surface area contributed by atoms with Crippen LogP contribution in [0.1, 0.15) is 37.9 Å². The summed E-state index contributed by atoms with van der Waals surface area (Å²) < 4.78 is 34.3. The van der Waals surface area contributed by atoms with Crippen LogP contribution in [0.3, 0.4) is 0 Å². The maximum absolute atomic E-state index is 13.9. The first-order valence-corrected chi connectivity index (χ1v) is 11.4. The van der Waals surface area contributed by atoms with Crippen molar-refractivity contribution < 1.29 is 17.9 Å². The van der Waals surface area contributed by atoms with E-state index in [0.29, 0.717) is 21.7 Å². The lowest BCUT2D eigenvalue weighted by Gasteiger charge is -2.37. The number of aryl methyl sites for hydroxylation is 1. The molecule has 1 aliphatic heterocycles. The highest BCUT2D eigenvalue weighted by Gasteiger charge is 2.50. The average molecular weight is 448 g/mol. The molecule has 0 spiro atoms. The number of ether oxygens (including phenoxy) is 1. The number of esters is 1. The van der Waals surface area contributed by atoms with Gasteiger partial charge in [0.15, 0.2) is 0 Å². The van der Waals surface area contributed by atoms with Crippen LogP contribution in [0.25, 0.3) is 0 Å². The van der Waals surface area contributed by atoms with Gasteiger partial charge in [-0.1, -0.05) is 68.8 Å². The number of rotatable bonds is 4. The van der Waals surface area contributed by atoms with E-state index in [4.69, 9.17) is 16.3 Å². The molecule has 160 valence electrons. The molecule has 2 atom stereocenters. The number of carbonyl (C=O) groups excluding carboxylic acids is 1. The van der Waals surface area contributed by atoms with Crippen LogP contribution in [0.4, 0.5) is 0 Å². The van der Waals surface area contributed by atoms with Crippen molar-refractivity contribution in [2.45, 2.75) is 44.7 Å². The van der Waals surface area contributed by atoms with Crippen LogP contribution >= 0.6 is 11.6 Å². The minimum Gasteiger partial charge on any atom is -0.466 e. The van der Waals surface area contributed by atoms with Crippen molar-refractivity contribution in [3.8, 4) is 0 Å². The van der Waals surface area contributed by atoms with Gasteiger partial charge >= 0.3 is 5.97 Å². The zero-order valence-corrected chi connectivity index (χ0v) is 19.3. The van der Waals surface area contributed by atoms with E-state index in [1.807, 2.05) is 20.8 Å². The Morgan fingerprint density at radius 1 is 1.07 bits per heavy atom. The van der Waals surface area contributed by atoms with Crippen LogP contribution in [0.5, 0.6) is 0 Å². The van der Waals surface area contributed by atoms with E-state index < -0.39 is 33.5 Å². The van der Waals surface area contributed by atoms with Crippen LogP contribution in [0, 0.1) is 12.3 Å². The van der Waals surface area contributed by atoms with Gasteiger partial charge < -0.3 is 4.74 Å². The first-order valence-electron chi connectivity index (χ1n) is 9.63. The van der Waals surface area contributed by atoms with E-state index in [9.17, 15) is 13.2 Å². The summed E-state index contributed by atoms with van der Waals surface area (Å²) in [6.45, 7) is 7.62. The standard InChI is InChI=1S/C23H26ClNO4S/c1-15-8-6-7-9-19(15)30(27,28)25-20(23(2,3)4)14-18(22(26)29-5)21(25)16-10-12-17(24)13-11-16/h6-14,20-21H,1-5H3/t20-,21-/m0/s1. The fraction of sp³-hybridized carbons (Fsp3) is 0.348. The molecule has 0 fully saturated rings. The van der Waals surface area contributed by atoms with Crippen LogP contribution in [-0.4, -0.2) is 31.8 Å². The fourth-order valence-electron chi connectivity index (χ4n) is 3.78. The number of methoxy groups -OCH3 is 1. The topological polar surface area (TPSA) is 63.7 Å². The second-order valence-electron chi connectivity index (χ2n) is 8.48. The molecule has 0 aliphatic carbocycles. The summed E-state index contributed by atoms with van der Waals surface area (Å²) in [5.74, 6) is -0.549. The highest BCUT2D eigenvalue weighted by atomic mass is 35.5. The van der Waals surface area contributed by atoms with Gasteiger partial charge in [0.2, 0.25) is 10.0 Å². The highest BCUT2D eigenvalue weighted by Crippen LogP contribution is 2.46. The fourth-order valence-corrected chi connectivity index (χ4v) is 6.05. The molecule has 30 heavy (non-hydrogen) atoms. The minimum absolute atomic E-state index is 0.220. The second-order valence-corrected chi connectivity index (χ2v) is 10.7. The molecule has 0 bridgehead atoms. The number of hydrogen-bond acceptors (Lipinski definition) is 4. The SMILES string of the molecule is COC(=O)C1=C[C@@H](C(C)(C)C)N(S(=O)(=O)c2ccccc2C)[C@H]1c1ccc(Cl)cc1. The monoisotopic (exact) mass is 447 g/mol. The van der Waals surface area contributed by atoms with E-state index in [-0.39, 0.29) is 4.90 Å². The molecule has 0 unspecified atom stereocenters. The van der Waals surface area contributed by atoms with E-state index >= 15 is 0 Å². The summed E-state index contributed by atoms with van der Waals surface area (Å²) in [6.07, 6.45) is 1.72. The van der Waals surface area contributed by atoms with Gasteiger partial charge in [0.1, 0.15) is 0 Å². The average Bonchev–Trinajstić information content (AvgIpc) is 3.10. The molecule has 0 saturated heterocycles. The molecule has 1 heterocycles. The zero-order valence-electron chi connectivity index (χ0n) is 17.7. The van der Waals surface area contributed by atoms with Crippen LogP contribution in [0.2, 0.25) is 5.02 Å². The summed E-state index contributed by atoms with van der Waals surface area (Å²) >= 11 is 6.05. The Bertz CT molecular complexity index is 1080. The number of halogens is 1.